The Bertz CT molecular complexity index is 2320. The van der Waals surface area contributed by atoms with E-state index < -0.39 is 17.2 Å². The summed E-state index contributed by atoms with van der Waals surface area (Å²) in [6, 6.07) is 18.0. The average Bonchev–Trinajstić information content (AvgIpc) is 3.84. The minimum absolute atomic E-state index is 0.116. The molecular weight excluding hydrogens is 869 g/mol. The van der Waals surface area contributed by atoms with Crippen LogP contribution in [0.1, 0.15) is 181 Å². The van der Waals surface area contributed by atoms with Crippen molar-refractivity contribution in [2.45, 2.75) is 194 Å². The van der Waals surface area contributed by atoms with Crippen molar-refractivity contribution in [3.63, 3.8) is 0 Å². The zero-order valence-electron chi connectivity index (χ0n) is 43.4. The first kappa shape index (κ1) is 53.3. The van der Waals surface area contributed by atoms with Crippen LogP contribution in [0.2, 0.25) is 0 Å². The number of carbonyl (C=O) groups excluding carboxylic acids is 3. The number of aliphatic carboxylic acids is 1. The second-order valence-corrected chi connectivity index (χ2v) is 23.0. The zero-order chi connectivity index (χ0) is 50.0. The van der Waals surface area contributed by atoms with Gasteiger partial charge in [0.15, 0.2) is 0 Å². The Hall–Kier alpha value is -5.04. The fourth-order valence-electron chi connectivity index (χ4n) is 10.8. The molecule has 2 fully saturated rings. The number of hydrogen-bond donors (Lipinski definition) is 6. The largest absolute Gasteiger partial charge is 0.481 e. The van der Waals surface area contributed by atoms with E-state index in [1.54, 1.807) is 0 Å². The van der Waals surface area contributed by atoms with Gasteiger partial charge in [-0.25, -0.2) is 9.59 Å². The first-order valence-electron chi connectivity index (χ1n) is 26.0. The van der Waals surface area contributed by atoms with Crippen LogP contribution < -0.4 is 16.0 Å². The molecule has 380 valence electrons. The number of carbonyl (C=O) groups is 4. The maximum atomic E-state index is 13.5. The van der Waals surface area contributed by atoms with Gasteiger partial charge in [-0.2, -0.15) is 0 Å². The molecule has 4 aromatic rings. The van der Waals surface area contributed by atoms with Crippen LogP contribution in [-0.2, 0) is 31.9 Å². The number of nitrogens with one attached hydrogen (secondary N) is 5. The van der Waals surface area contributed by atoms with Crippen molar-refractivity contribution in [2.24, 2.45) is 23.7 Å². The molecule has 2 unspecified atom stereocenters. The Kier molecular flexibility index (Phi) is 18.3. The Morgan fingerprint density at radius 2 is 1.12 bits per heavy atom. The van der Waals surface area contributed by atoms with Gasteiger partial charge >= 0.3 is 18.2 Å². The van der Waals surface area contributed by atoms with Crippen molar-refractivity contribution < 1.29 is 33.8 Å². The highest BCUT2D eigenvalue weighted by molar-refractivity contribution is 5.87. The predicted octanol–water partition coefficient (Wildman–Crippen LogP) is 12.1. The van der Waals surface area contributed by atoms with E-state index in [0.29, 0.717) is 24.3 Å². The number of aromatic nitrogens is 2. The molecule has 4 heterocycles. The number of carboxylic acid groups (broad SMARTS) is 1. The number of H-pyrrole nitrogens is 2. The molecule has 2 saturated carbocycles. The molecule has 6 N–H and O–H groups in total. The highest BCUT2D eigenvalue weighted by Gasteiger charge is 2.36. The quantitative estimate of drug-likeness (QED) is 0.0909. The number of nitrogens with zero attached hydrogens (tertiary/aromatic N) is 1. The molecule has 2 aliphatic carbocycles. The normalized spacial score (nSPS) is 22.6. The number of ether oxygens (including phenoxy) is 2. The van der Waals surface area contributed by atoms with Crippen molar-refractivity contribution >= 4 is 45.9 Å². The third-order valence-corrected chi connectivity index (χ3v) is 13.9. The van der Waals surface area contributed by atoms with Gasteiger partial charge in [-0.05, 0) is 172 Å². The monoisotopic (exact) mass is 953 g/mol. The van der Waals surface area contributed by atoms with Crippen LogP contribution in [0.25, 0.3) is 21.8 Å². The van der Waals surface area contributed by atoms with Gasteiger partial charge in [0.2, 0.25) is 5.91 Å². The molecule has 2 atom stereocenters. The summed E-state index contributed by atoms with van der Waals surface area (Å²) in [4.78, 5) is 57.2. The minimum Gasteiger partial charge on any atom is -0.481 e. The number of rotatable bonds is 10. The van der Waals surface area contributed by atoms with Crippen molar-refractivity contribution in [3.05, 3.63) is 71.0 Å². The number of benzene rings is 2. The molecule has 69 heavy (non-hydrogen) atoms. The Morgan fingerprint density at radius 3 is 1.59 bits per heavy atom. The number of aromatic amines is 2. The van der Waals surface area contributed by atoms with E-state index in [4.69, 9.17) is 14.6 Å². The summed E-state index contributed by atoms with van der Waals surface area (Å²) >= 11 is 0. The standard InChI is InChI=1S/C28H41N3O3.C15H20N2.C13H23NO4/c1-18(2)16-24-26-22(21-8-6-7-9-23(21)30-26)14-15-31(24)25(32)17-19-10-12-20(13-11-19)29-27(33)34-28(3,4)5;1-10(2)9-14-15-12(7-8-16-14)11-5-3-4-6-13(11)17-15;1-13(2,3)18-12(17)14-10-6-4-9(5-7-10)8-11(15)16/h6-9,18-20,24,30H,10-17H2,1-5H3,(H,29,33);3-6,10,14,16-17H,7-9H2,1-2H3;9-10H,4-8H2,1-3H3,(H,14,17)(H,15,16). The fraction of sp³-hybridized carbons (Fsp3) is 0.643. The van der Waals surface area contributed by atoms with Gasteiger partial charge in [0.1, 0.15) is 11.2 Å². The molecular formula is C56H84N6O7. The van der Waals surface area contributed by atoms with Gasteiger partial charge in [-0.3, -0.25) is 9.59 Å². The van der Waals surface area contributed by atoms with Crippen LogP contribution in [0.15, 0.2) is 48.5 Å². The van der Waals surface area contributed by atoms with Crippen LogP contribution in [0.4, 0.5) is 9.59 Å². The van der Waals surface area contributed by atoms with E-state index >= 15 is 0 Å². The predicted molar refractivity (Wildman–Crippen MR) is 275 cm³/mol. The molecule has 2 aromatic carbocycles. The number of alkyl carbamates (subject to hydrolysis) is 2. The van der Waals surface area contributed by atoms with Gasteiger partial charge in [0.05, 0.1) is 6.04 Å². The lowest BCUT2D eigenvalue weighted by atomic mass is 9.83. The first-order valence-corrected chi connectivity index (χ1v) is 26.0. The van der Waals surface area contributed by atoms with E-state index in [1.807, 2.05) is 41.5 Å². The second-order valence-electron chi connectivity index (χ2n) is 23.0. The lowest BCUT2D eigenvalue weighted by molar-refractivity contribution is -0.138. The summed E-state index contributed by atoms with van der Waals surface area (Å²) in [6.45, 7) is 22.1. The summed E-state index contributed by atoms with van der Waals surface area (Å²) in [5.41, 5.74) is 7.07. The summed E-state index contributed by atoms with van der Waals surface area (Å²) in [5, 5.41) is 20.9. The van der Waals surface area contributed by atoms with E-state index in [0.717, 1.165) is 89.6 Å². The number of fused-ring (bicyclic) bond motifs is 6. The SMILES string of the molecule is CC(C)(C)OC(=O)NC1CCC(CC(=O)O)CC1.CC(C)CC1NCCc2c1[nH]c1ccccc21.CC(C)CC1c2[nH]c3ccccc3c2CCN1C(=O)CC1CCC(NC(=O)OC(C)(C)C)CC1. The highest BCUT2D eigenvalue weighted by atomic mass is 16.6. The maximum Gasteiger partial charge on any atom is 0.407 e. The molecule has 2 aliphatic heterocycles. The summed E-state index contributed by atoms with van der Waals surface area (Å²) < 4.78 is 10.6. The molecule has 3 amide bonds. The summed E-state index contributed by atoms with van der Waals surface area (Å²) in [7, 11) is 0. The fourth-order valence-corrected chi connectivity index (χ4v) is 10.8. The molecule has 13 heteroatoms. The topological polar surface area (TPSA) is 178 Å². The van der Waals surface area contributed by atoms with Crippen LogP contribution in [-0.4, -0.2) is 80.4 Å². The zero-order valence-corrected chi connectivity index (χ0v) is 43.4. The number of carboxylic acids is 1. The van der Waals surface area contributed by atoms with E-state index in [2.05, 4.69) is 107 Å². The molecule has 2 aromatic heterocycles. The van der Waals surface area contributed by atoms with E-state index in [9.17, 15) is 19.2 Å². The van der Waals surface area contributed by atoms with E-state index in [1.165, 1.54) is 50.7 Å². The van der Waals surface area contributed by atoms with Gasteiger partial charge in [-0.15, -0.1) is 0 Å². The number of hydrogen-bond acceptors (Lipinski definition) is 7. The molecule has 0 spiro atoms. The minimum atomic E-state index is -0.737. The smallest absolute Gasteiger partial charge is 0.407 e. The van der Waals surface area contributed by atoms with Crippen LogP contribution in [0, 0.1) is 23.7 Å². The number of para-hydroxylation sites is 2. The third kappa shape index (κ3) is 15.7. The van der Waals surface area contributed by atoms with E-state index in [-0.39, 0.29) is 48.6 Å². The molecule has 8 rings (SSSR count). The molecule has 0 bridgehead atoms. The van der Waals surface area contributed by atoms with Gasteiger partial charge in [0, 0.05) is 70.7 Å². The summed E-state index contributed by atoms with van der Waals surface area (Å²) in [5.74, 6) is 1.40. The highest BCUT2D eigenvalue weighted by Crippen LogP contribution is 2.39. The lowest BCUT2D eigenvalue weighted by Gasteiger charge is -2.38. The summed E-state index contributed by atoms with van der Waals surface area (Å²) in [6.07, 6.45) is 11.4. The average molecular weight is 953 g/mol. The first-order chi connectivity index (χ1) is 32.6. The second kappa shape index (κ2) is 23.7. The van der Waals surface area contributed by atoms with Gasteiger partial charge in [-0.1, -0.05) is 64.1 Å². The third-order valence-electron chi connectivity index (χ3n) is 13.9. The van der Waals surface area contributed by atoms with Crippen LogP contribution in [0.3, 0.4) is 0 Å². The molecule has 0 radical (unpaired) electrons. The lowest BCUT2D eigenvalue weighted by Crippen LogP contribution is -2.43. The van der Waals surface area contributed by atoms with Crippen molar-refractivity contribution in [2.75, 3.05) is 13.1 Å². The Morgan fingerprint density at radius 1 is 0.652 bits per heavy atom. The van der Waals surface area contributed by atoms with Gasteiger partial charge in [0.25, 0.3) is 0 Å². The van der Waals surface area contributed by atoms with Crippen molar-refractivity contribution in [3.8, 4) is 0 Å². The van der Waals surface area contributed by atoms with Gasteiger partial charge < -0.3 is 45.4 Å². The molecule has 4 aliphatic rings. The Balaban J connectivity index is 0.000000188. The van der Waals surface area contributed by atoms with Crippen molar-refractivity contribution in [1.29, 1.82) is 0 Å². The Labute approximate surface area is 411 Å². The molecule has 13 nitrogen and oxygen atoms in total. The maximum absolute atomic E-state index is 13.5. The van der Waals surface area contributed by atoms with Crippen LogP contribution >= 0.6 is 0 Å². The van der Waals surface area contributed by atoms with Crippen LogP contribution in [0.5, 0.6) is 0 Å². The van der Waals surface area contributed by atoms with Crippen molar-refractivity contribution in [1.82, 2.24) is 30.8 Å². The number of amides is 3. The molecule has 0 saturated heterocycles.